The fourth-order valence-electron chi connectivity index (χ4n) is 2.45. The van der Waals surface area contributed by atoms with E-state index in [0.29, 0.717) is 0 Å². The fourth-order valence-corrected chi connectivity index (χ4v) is 2.45. The van der Waals surface area contributed by atoms with Crippen LogP contribution < -0.4 is 10.6 Å². The number of benzene rings is 1. The van der Waals surface area contributed by atoms with Gasteiger partial charge in [-0.05, 0) is 43.4 Å². The third-order valence-electron chi connectivity index (χ3n) is 3.34. The molecule has 0 bridgehead atoms. The largest absolute Gasteiger partial charge is 0.371 e. The third-order valence-corrected chi connectivity index (χ3v) is 3.34. The van der Waals surface area contributed by atoms with Crippen LogP contribution in [-0.4, -0.2) is 13.1 Å². The van der Waals surface area contributed by atoms with Crippen molar-refractivity contribution in [2.45, 2.75) is 39.2 Å². The number of nitrogens with two attached hydrogens (primary N) is 1. The highest BCUT2D eigenvalue weighted by molar-refractivity contribution is 5.57. The third kappa shape index (κ3) is 2.22. The lowest BCUT2D eigenvalue weighted by Crippen LogP contribution is -2.30. The summed E-state index contributed by atoms with van der Waals surface area (Å²) in [6.07, 6.45) is 3.71. The van der Waals surface area contributed by atoms with Crippen LogP contribution in [0, 0.1) is 0 Å². The Morgan fingerprint density at radius 1 is 1.44 bits per heavy atom. The van der Waals surface area contributed by atoms with Gasteiger partial charge in [-0.3, -0.25) is 0 Å². The van der Waals surface area contributed by atoms with Gasteiger partial charge in [-0.2, -0.15) is 0 Å². The van der Waals surface area contributed by atoms with Gasteiger partial charge in [-0.1, -0.05) is 19.1 Å². The second kappa shape index (κ2) is 4.88. The van der Waals surface area contributed by atoms with Gasteiger partial charge in [0.25, 0.3) is 0 Å². The van der Waals surface area contributed by atoms with Crippen molar-refractivity contribution >= 4 is 5.69 Å². The average Bonchev–Trinajstić information content (AvgIpc) is 2.29. The Bertz CT molecular complexity index is 358. The Kier molecular flexibility index (Phi) is 3.49. The Morgan fingerprint density at radius 3 is 2.94 bits per heavy atom. The maximum Gasteiger partial charge on any atom is 0.0402 e. The minimum Gasteiger partial charge on any atom is -0.371 e. The molecule has 1 unspecified atom stereocenters. The Hall–Kier alpha value is -1.02. The summed E-state index contributed by atoms with van der Waals surface area (Å²) in [4.78, 5) is 2.50. The van der Waals surface area contributed by atoms with Crippen LogP contribution in [0.1, 0.15) is 43.9 Å². The molecule has 0 amide bonds. The molecule has 0 spiro atoms. The summed E-state index contributed by atoms with van der Waals surface area (Å²) in [5.41, 5.74) is 10.1. The van der Waals surface area contributed by atoms with Crippen molar-refractivity contribution in [3.63, 3.8) is 0 Å². The Labute approximate surface area is 98.4 Å². The molecule has 1 atom stereocenters. The molecular weight excluding hydrogens is 196 g/mol. The zero-order valence-electron chi connectivity index (χ0n) is 10.4. The predicted molar refractivity (Wildman–Crippen MR) is 69.9 cm³/mol. The van der Waals surface area contributed by atoms with Crippen molar-refractivity contribution in [1.29, 1.82) is 0 Å². The number of aryl methyl sites for hydroxylation is 1. The first kappa shape index (κ1) is 11.5. The van der Waals surface area contributed by atoms with Crippen LogP contribution >= 0.6 is 0 Å². The quantitative estimate of drug-likeness (QED) is 0.845. The molecule has 88 valence electrons. The molecule has 0 saturated heterocycles. The summed E-state index contributed by atoms with van der Waals surface area (Å²) in [5, 5.41) is 0. The van der Waals surface area contributed by atoms with Crippen molar-refractivity contribution in [1.82, 2.24) is 0 Å². The maximum absolute atomic E-state index is 5.95. The van der Waals surface area contributed by atoms with E-state index in [1.165, 1.54) is 42.6 Å². The first-order valence-corrected chi connectivity index (χ1v) is 6.35. The molecule has 0 aromatic heterocycles. The van der Waals surface area contributed by atoms with Gasteiger partial charge in [0.1, 0.15) is 0 Å². The van der Waals surface area contributed by atoms with Crippen LogP contribution in [0.5, 0.6) is 0 Å². The van der Waals surface area contributed by atoms with E-state index in [2.05, 4.69) is 36.9 Å². The first-order valence-electron chi connectivity index (χ1n) is 6.35. The lowest BCUT2D eigenvalue weighted by atomic mass is 9.97. The monoisotopic (exact) mass is 218 g/mol. The van der Waals surface area contributed by atoms with Crippen LogP contribution in [0.25, 0.3) is 0 Å². The predicted octanol–water partition coefficient (Wildman–Crippen LogP) is 2.87. The maximum atomic E-state index is 5.95. The van der Waals surface area contributed by atoms with Gasteiger partial charge in [-0.15, -0.1) is 0 Å². The normalized spacial score (nSPS) is 17.1. The highest BCUT2D eigenvalue weighted by atomic mass is 15.1. The van der Waals surface area contributed by atoms with Crippen LogP contribution in [-0.2, 0) is 6.42 Å². The highest BCUT2D eigenvalue weighted by Gasteiger charge is 2.16. The number of fused-ring (bicyclic) bond motifs is 1. The molecule has 1 aromatic carbocycles. The molecular formula is C14H22N2. The standard InChI is InChI=1S/C14H22N2/c1-3-8-16-9-4-5-12-6-7-13(11(2)15)10-14(12)16/h6-7,10-11H,3-5,8-9,15H2,1-2H3. The van der Waals surface area contributed by atoms with Crippen molar-refractivity contribution < 1.29 is 0 Å². The van der Waals surface area contributed by atoms with E-state index in [1.807, 2.05) is 0 Å². The summed E-state index contributed by atoms with van der Waals surface area (Å²) < 4.78 is 0. The smallest absolute Gasteiger partial charge is 0.0402 e. The Balaban J connectivity index is 2.32. The molecule has 1 heterocycles. The molecule has 2 heteroatoms. The van der Waals surface area contributed by atoms with Crippen LogP contribution in [0.15, 0.2) is 18.2 Å². The molecule has 2 rings (SSSR count). The highest BCUT2D eigenvalue weighted by Crippen LogP contribution is 2.29. The van der Waals surface area contributed by atoms with E-state index in [4.69, 9.17) is 5.73 Å². The molecule has 0 radical (unpaired) electrons. The van der Waals surface area contributed by atoms with Crippen LogP contribution in [0.3, 0.4) is 0 Å². The average molecular weight is 218 g/mol. The van der Waals surface area contributed by atoms with E-state index >= 15 is 0 Å². The number of rotatable bonds is 3. The molecule has 2 nitrogen and oxygen atoms in total. The molecule has 1 aromatic rings. The summed E-state index contributed by atoms with van der Waals surface area (Å²) in [5.74, 6) is 0. The SMILES string of the molecule is CCCN1CCCc2ccc(C(C)N)cc21. The number of anilines is 1. The van der Waals surface area contributed by atoms with Crippen molar-refractivity contribution in [2.24, 2.45) is 5.73 Å². The van der Waals surface area contributed by atoms with Gasteiger partial charge < -0.3 is 10.6 Å². The number of nitrogens with zero attached hydrogens (tertiary/aromatic N) is 1. The van der Waals surface area contributed by atoms with Gasteiger partial charge in [0.2, 0.25) is 0 Å². The summed E-state index contributed by atoms with van der Waals surface area (Å²) >= 11 is 0. The van der Waals surface area contributed by atoms with E-state index in [0.717, 1.165) is 6.54 Å². The molecule has 2 N–H and O–H groups in total. The second-order valence-electron chi connectivity index (χ2n) is 4.77. The fraction of sp³-hybridized carbons (Fsp3) is 0.571. The lowest BCUT2D eigenvalue weighted by molar-refractivity contribution is 0.678. The number of hydrogen-bond acceptors (Lipinski definition) is 2. The minimum absolute atomic E-state index is 0.135. The summed E-state index contributed by atoms with van der Waals surface area (Å²) in [7, 11) is 0. The van der Waals surface area contributed by atoms with E-state index in [1.54, 1.807) is 0 Å². The van der Waals surface area contributed by atoms with Crippen LogP contribution in [0.4, 0.5) is 5.69 Å². The molecule has 16 heavy (non-hydrogen) atoms. The van der Waals surface area contributed by atoms with Gasteiger partial charge >= 0.3 is 0 Å². The van der Waals surface area contributed by atoms with E-state index < -0.39 is 0 Å². The van der Waals surface area contributed by atoms with Crippen molar-refractivity contribution in [3.05, 3.63) is 29.3 Å². The molecule has 1 aliphatic heterocycles. The minimum atomic E-state index is 0.135. The molecule has 0 saturated carbocycles. The zero-order chi connectivity index (χ0) is 11.5. The van der Waals surface area contributed by atoms with E-state index in [-0.39, 0.29) is 6.04 Å². The molecule has 0 aliphatic carbocycles. The summed E-state index contributed by atoms with van der Waals surface area (Å²) in [6, 6.07) is 6.86. The van der Waals surface area contributed by atoms with E-state index in [9.17, 15) is 0 Å². The molecule has 0 fully saturated rings. The van der Waals surface area contributed by atoms with Gasteiger partial charge in [0.15, 0.2) is 0 Å². The lowest BCUT2D eigenvalue weighted by Gasteiger charge is -2.31. The number of hydrogen-bond donors (Lipinski definition) is 1. The van der Waals surface area contributed by atoms with Gasteiger partial charge in [-0.25, -0.2) is 0 Å². The van der Waals surface area contributed by atoms with Crippen molar-refractivity contribution in [3.8, 4) is 0 Å². The van der Waals surface area contributed by atoms with Gasteiger partial charge in [0.05, 0.1) is 0 Å². The topological polar surface area (TPSA) is 29.3 Å². The second-order valence-corrected chi connectivity index (χ2v) is 4.77. The van der Waals surface area contributed by atoms with Gasteiger partial charge in [0, 0.05) is 24.8 Å². The zero-order valence-corrected chi connectivity index (χ0v) is 10.4. The van der Waals surface area contributed by atoms with Crippen molar-refractivity contribution in [2.75, 3.05) is 18.0 Å². The first-order chi connectivity index (χ1) is 7.72. The summed E-state index contributed by atoms with van der Waals surface area (Å²) in [6.45, 7) is 6.65. The molecule has 1 aliphatic rings. The van der Waals surface area contributed by atoms with Crippen LogP contribution in [0.2, 0.25) is 0 Å². The Morgan fingerprint density at radius 2 is 2.25 bits per heavy atom.